The van der Waals surface area contributed by atoms with Crippen molar-refractivity contribution in [1.82, 2.24) is 4.90 Å². The fourth-order valence-corrected chi connectivity index (χ4v) is 2.69. The van der Waals surface area contributed by atoms with Gasteiger partial charge in [0.2, 0.25) is 0 Å². The van der Waals surface area contributed by atoms with E-state index in [1.807, 2.05) is 0 Å². The molecule has 0 radical (unpaired) electrons. The SMILES string of the molecule is CCC1(CN(C)C)CCC(C)=C(C)C1. The van der Waals surface area contributed by atoms with Crippen LogP contribution in [0, 0.1) is 5.41 Å². The van der Waals surface area contributed by atoms with Gasteiger partial charge in [0.15, 0.2) is 0 Å². The molecule has 0 aromatic carbocycles. The summed E-state index contributed by atoms with van der Waals surface area (Å²) in [4.78, 5) is 2.34. The molecule has 1 unspecified atom stereocenters. The summed E-state index contributed by atoms with van der Waals surface area (Å²) in [6.07, 6.45) is 5.32. The molecule has 1 aliphatic carbocycles. The van der Waals surface area contributed by atoms with E-state index in [2.05, 4.69) is 39.8 Å². The van der Waals surface area contributed by atoms with Gasteiger partial charge in [-0.1, -0.05) is 18.1 Å². The van der Waals surface area contributed by atoms with Gasteiger partial charge in [-0.05, 0) is 59.0 Å². The van der Waals surface area contributed by atoms with Crippen molar-refractivity contribution in [2.45, 2.75) is 46.5 Å². The van der Waals surface area contributed by atoms with E-state index in [1.54, 1.807) is 11.1 Å². The lowest BCUT2D eigenvalue weighted by Crippen LogP contribution is -2.35. The molecule has 0 fully saturated rings. The number of hydrogen-bond donors (Lipinski definition) is 0. The Labute approximate surface area is 89.2 Å². The average molecular weight is 195 g/mol. The summed E-state index contributed by atoms with van der Waals surface area (Å²) in [6.45, 7) is 8.20. The van der Waals surface area contributed by atoms with E-state index in [0.29, 0.717) is 5.41 Å². The minimum atomic E-state index is 0.563. The standard InChI is InChI=1S/C13H25N/c1-6-13(10-14(4)5)8-7-11(2)12(3)9-13/h6-10H2,1-5H3. The molecule has 1 rings (SSSR count). The van der Waals surface area contributed by atoms with Gasteiger partial charge in [-0.3, -0.25) is 0 Å². The zero-order valence-electron chi connectivity index (χ0n) is 10.5. The second kappa shape index (κ2) is 4.48. The Morgan fingerprint density at radius 1 is 1.21 bits per heavy atom. The van der Waals surface area contributed by atoms with Crippen LogP contribution in [0.25, 0.3) is 0 Å². The summed E-state index contributed by atoms with van der Waals surface area (Å²) >= 11 is 0. The van der Waals surface area contributed by atoms with Crippen LogP contribution < -0.4 is 0 Å². The molecule has 0 saturated carbocycles. The minimum Gasteiger partial charge on any atom is -0.309 e. The summed E-state index contributed by atoms with van der Waals surface area (Å²) in [7, 11) is 4.38. The monoisotopic (exact) mass is 195 g/mol. The van der Waals surface area contributed by atoms with Crippen molar-refractivity contribution < 1.29 is 0 Å². The molecule has 14 heavy (non-hydrogen) atoms. The lowest BCUT2D eigenvalue weighted by atomic mass is 9.70. The van der Waals surface area contributed by atoms with Crippen LogP contribution in [0.2, 0.25) is 0 Å². The first kappa shape index (κ1) is 11.8. The highest BCUT2D eigenvalue weighted by molar-refractivity contribution is 5.16. The fourth-order valence-electron chi connectivity index (χ4n) is 2.69. The molecule has 0 amide bonds. The van der Waals surface area contributed by atoms with Crippen LogP contribution in [-0.4, -0.2) is 25.5 Å². The van der Waals surface area contributed by atoms with Gasteiger partial charge in [0.25, 0.3) is 0 Å². The van der Waals surface area contributed by atoms with Crippen LogP contribution in [0.4, 0.5) is 0 Å². The Morgan fingerprint density at radius 3 is 2.29 bits per heavy atom. The number of hydrogen-bond acceptors (Lipinski definition) is 1. The first-order valence-electron chi connectivity index (χ1n) is 5.79. The van der Waals surface area contributed by atoms with Crippen molar-refractivity contribution in [3.8, 4) is 0 Å². The quantitative estimate of drug-likeness (QED) is 0.623. The molecule has 0 N–H and O–H groups in total. The van der Waals surface area contributed by atoms with Gasteiger partial charge in [-0.25, -0.2) is 0 Å². The maximum atomic E-state index is 2.34. The van der Waals surface area contributed by atoms with E-state index < -0.39 is 0 Å². The van der Waals surface area contributed by atoms with Gasteiger partial charge in [0, 0.05) is 6.54 Å². The van der Waals surface area contributed by atoms with E-state index in [0.717, 1.165) is 0 Å². The molecule has 0 aromatic rings. The molecule has 0 spiro atoms. The van der Waals surface area contributed by atoms with Crippen LogP contribution in [0.5, 0.6) is 0 Å². The van der Waals surface area contributed by atoms with Crippen LogP contribution in [0.1, 0.15) is 46.5 Å². The summed E-state index contributed by atoms with van der Waals surface area (Å²) in [6, 6.07) is 0. The Bertz CT molecular complexity index is 227. The topological polar surface area (TPSA) is 3.24 Å². The summed E-state index contributed by atoms with van der Waals surface area (Å²) in [5, 5.41) is 0. The fraction of sp³-hybridized carbons (Fsp3) is 0.846. The van der Waals surface area contributed by atoms with E-state index in [1.165, 1.54) is 32.2 Å². The normalized spacial score (nSPS) is 28.7. The van der Waals surface area contributed by atoms with Crippen LogP contribution >= 0.6 is 0 Å². The third kappa shape index (κ3) is 2.60. The van der Waals surface area contributed by atoms with Gasteiger partial charge in [0.1, 0.15) is 0 Å². The number of rotatable bonds is 3. The van der Waals surface area contributed by atoms with Gasteiger partial charge in [-0.15, -0.1) is 0 Å². The minimum absolute atomic E-state index is 0.563. The van der Waals surface area contributed by atoms with Crippen molar-refractivity contribution in [3.63, 3.8) is 0 Å². The summed E-state index contributed by atoms with van der Waals surface area (Å²) in [5.74, 6) is 0. The highest BCUT2D eigenvalue weighted by atomic mass is 15.1. The smallest absolute Gasteiger partial charge is 0.00350 e. The second-order valence-corrected chi connectivity index (χ2v) is 5.33. The molecule has 1 nitrogen and oxygen atoms in total. The molecule has 1 heteroatoms. The zero-order valence-corrected chi connectivity index (χ0v) is 10.5. The molecule has 1 atom stereocenters. The Kier molecular flexibility index (Phi) is 3.77. The first-order valence-corrected chi connectivity index (χ1v) is 5.79. The third-order valence-electron chi connectivity index (χ3n) is 3.80. The zero-order chi connectivity index (χ0) is 10.8. The molecule has 82 valence electrons. The predicted octanol–water partition coefficient (Wildman–Crippen LogP) is 3.46. The molecular formula is C13H25N. The van der Waals surface area contributed by atoms with E-state index >= 15 is 0 Å². The van der Waals surface area contributed by atoms with Gasteiger partial charge in [-0.2, -0.15) is 0 Å². The van der Waals surface area contributed by atoms with Crippen molar-refractivity contribution in [3.05, 3.63) is 11.1 Å². The lowest BCUT2D eigenvalue weighted by Gasteiger charge is -2.39. The Morgan fingerprint density at radius 2 is 1.86 bits per heavy atom. The van der Waals surface area contributed by atoms with Crippen LogP contribution in [0.15, 0.2) is 11.1 Å². The highest BCUT2D eigenvalue weighted by Crippen LogP contribution is 2.41. The molecule has 1 aliphatic rings. The molecule has 0 heterocycles. The molecule has 0 aliphatic heterocycles. The largest absolute Gasteiger partial charge is 0.309 e. The van der Waals surface area contributed by atoms with Gasteiger partial charge >= 0.3 is 0 Å². The average Bonchev–Trinajstić information content (AvgIpc) is 2.11. The second-order valence-electron chi connectivity index (χ2n) is 5.33. The van der Waals surface area contributed by atoms with Gasteiger partial charge < -0.3 is 4.90 Å². The molecule has 0 saturated heterocycles. The van der Waals surface area contributed by atoms with Crippen molar-refractivity contribution in [2.24, 2.45) is 5.41 Å². The van der Waals surface area contributed by atoms with E-state index in [4.69, 9.17) is 0 Å². The Hall–Kier alpha value is -0.300. The van der Waals surface area contributed by atoms with Crippen LogP contribution in [0.3, 0.4) is 0 Å². The Balaban J connectivity index is 2.74. The van der Waals surface area contributed by atoms with Crippen LogP contribution in [-0.2, 0) is 0 Å². The summed E-state index contributed by atoms with van der Waals surface area (Å²) in [5.41, 5.74) is 3.83. The highest BCUT2D eigenvalue weighted by Gasteiger charge is 2.32. The van der Waals surface area contributed by atoms with Gasteiger partial charge in [0.05, 0.1) is 0 Å². The predicted molar refractivity (Wildman–Crippen MR) is 63.5 cm³/mol. The first-order chi connectivity index (χ1) is 6.49. The lowest BCUT2D eigenvalue weighted by molar-refractivity contribution is 0.163. The maximum Gasteiger partial charge on any atom is 0.00350 e. The van der Waals surface area contributed by atoms with E-state index in [9.17, 15) is 0 Å². The third-order valence-corrected chi connectivity index (χ3v) is 3.80. The number of nitrogens with zero attached hydrogens (tertiary/aromatic N) is 1. The maximum absolute atomic E-state index is 2.34. The van der Waals surface area contributed by atoms with E-state index in [-0.39, 0.29) is 0 Å². The van der Waals surface area contributed by atoms with Crippen molar-refractivity contribution in [1.29, 1.82) is 0 Å². The molecular weight excluding hydrogens is 170 g/mol. The molecule has 0 bridgehead atoms. The van der Waals surface area contributed by atoms with Crippen molar-refractivity contribution >= 4 is 0 Å². The number of allylic oxidation sites excluding steroid dienone is 2. The molecule has 0 aromatic heterocycles. The van der Waals surface area contributed by atoms with Crippen molar-refractivity contribution in [2.75, 3.05) is 20.6 Å². The summed E-state index contributed by atoms with van der Waals surface area (Å²) < 4.78 is 0.